The fourth-order valence-electron chi connectivity index (χ4n) is 3.61. The summed E-state index contributed by atoms with van der Waals surface area (Å²) in [5.41, 5.74) is 1.18. The zero-order valence-electron chi connectivity index (χ0n) is 15.7. The van der Waals surface area contributed by atoms with E-state index in [1.807, 2.05) is 23.1 Å². The Hall–Kier alpha value is -2.88. The topological polar surface area (TPSA) is 75.8 Å². The summed E-state index contributed by atoms with van der Waals surface area (Å²) >= 11 is 0. The van der Waals surface area contributed by atoms with Crippen LogP contribution < -0.4 is 9.64 Å². The first-order valence-corrected chi connectivity index (χ1v) is 9.30. The Morgan fingerprint density at radius 2 is 1.90 bits per heavy atom. The molecular weight excluding hydrogens is 387 g/mol. The van der Waals surface area contributed by atoms with Crippen LogP contribution in [0.3, 0.4) is 0 Å². The molecule has 10 heteroatoms. The smallest absolute Gasteiger partial charge is 0.453 e. The van der Waals surface area contributed by atoms with E-state index in [2.05, 4.69) is 15.3 Å². The Kier molecular flexibility index (Phi) is 5.03. The number of aliphatic hydroxyl groups excluding tert-OH is 1. The Labute approximate surface area is 164 Å². The maximum atomic E-state index is 13.1. The lowest BCUT2D eigenvalue weighted by Gasteiger charge is -2.33. The molecule has 0 bridgehead atoms. The molecule has 7 nitrogen and oxygen atoms in total. The molecule has 1 atom stereocenters. The van der Waals surface area contributed by atoms with Gasteiger partial charge in [0.2, 0.25) is 0 Å². The minimum absolute atomic E-state index is 0.0610. The first-order valence-electron chi connectivity index (χ1n) is 9.30. The molecule has 1 saturated heterocycles. The molecule has 1 aromatic carbocycles. The van der Waals surface area contributed by atoms with Gasteiger partial charge in [0.05, 0.1) is 0 Å². The van der Waals surface area contributed by atoms with Crippen LogP contribution in [0.4, 0.5) is 19.0 Å². The van der Waals surface area contributed by atoms with Crippen molar-refractivity contribution < 1.29 is 23.0 Å². The van der Waals surface area contributed by atoms with Crippen molar-refractivity contribution in [3.8, 4) is 5.75 Å². The van der Waals surface area contributed by atoms with Crippen LogP contribution >= 0.6 is 0 Å². The molecule has 0 radical (unpaired) electrons. The van der Waals surface area contributed by atoms with Gasteiger partial charge >= 0.3 is 6.18 Å². The summed E-state index contributed by atoms with van der Waals surface area (Å²) in [6, 6.07) is 10.8. The van der Waals surface area contributed by atoms with Crippen LogP contribution in [0.1, 0.15) is 37.1 Å². The largest absolute Gasteiger partial charge is 0.465 e. The first kappa shape index (κ1) is 19.4. The number of hydrogen-bond donors (Lipinski definition) is 1. The monoisotopic (exact) mass is 407 g/mol. The molecule has 4 rings (SSSR count). The second kappa shape index (κ2) is 7.51. The molecule has 0 saturated carbocycles. The van der Waals surface area contributed by atoms with Crippen LogP contribution in [0, 0.1) is 0 Å². The molecule has 29 heavy (non-hydrogen) atoms. The highest BCUT2D eigenvalue weighted by atomic mass is 19.4. The van der Waals surface area contributed by atoms with Gasteiger partial charge in [0, 0.05) is 13.1 Å². The van der Waals surface area contributed by atoms with Gasteiger partial charge in [0.1, 0.15) is 11.6 Å². The van der Waals surface area contributed by atoms with Crippen molar-refractivity contribution in [2.45, 2.75) is 38.1 Å². The van der Waals surface area contributed by atoms with Gasteiger partial charge < -0.3 is 14.7 Å². The lowest BCUT2D eigenvalue weighted by atomic mass is 9.89. The minimum Gasteiger partial charge on any atom is -0.465 e. The quantitative estimate of drug-likeness (QED) is 0.670. The second-order valence-corrected chi connectivity index (χ2v) is 7.03. The number of halogens is 3. The third-order valence-electron chi connectivity index (χ3n) is 4.96. The van der Waals surface area contributed by atoms with E-state index < -0.39 is 18.3 Å². The van der Waals surface area contributed by atoms with Crippen molar-refractivity contribution in [1.29, 1.82) is 0 Å². The molecule has 3 heterocycles. The zero-order chi connectivity index (χ0) is 20.6. The van der Waals surface area contributed by atoms with Gasteiger partial charge in [-0.3, -0.25) is 0 Å². The third-order valence-corrected chi connectivity index (χ3v) is 4.96. The maximum Gasteiger partial charge on any atom is 0.453 e. The number of benzene rings is 1. The molecule has 1 fully saturated rings. The van der Waals surface area contributed by atoms with E-state index in [-0.39, 0.29) is 5.65 Å². The summed E-state index contributed by atoms with van der Waals surface area (Å²) in [6.45, 7) is 2.87. The van der Waals surface area contributed by atoms with Gasteiger partial charge in [-0.2, -0.15) is 17.7 Å². The highest BCUT2D eigenvalue weighted by molar-refractivity contribution is 5.46. The summed E-state index contributed by atoms with van der Waals surface area (Å²) in [4.78, 5) is 1.96. The van der Waals surface area contributed by atoms with E-state index in [9.17, 15) is 18.3 Å². The standard InChI is InChI=1S/C19H20F3N5O2/c1-12(28)29-15-4-2-3-14(11-15)13-7-9-26(10-8-13)17-6-5-16-23-24-18(19(20,21)22)27(16)25-17/h2-6,11-13,28H,7-10H2,1H3. The highest BCUT2D eigenvalue weighted by Crippen LogP contribution is 2.32. The Morgan fingerprint density at radius 3 is 2.59 bits per heavy atom. The number of aliphatic hydroxyl groups is 1. The summed E-state index contributed by atoms with van der Waals surface area (Å²) < 4.78 is 45.3. The highest BCUT2D eigenvalue weighted by Gasteiger charge is 2.38. The van der Waals surface area contributed by atoms with Crippen molar-refractivity contribution in [2.24, 2.45) is 0 Å². The predicted molar refractivity (Wildman–Crippen MR) is 98.7 cm³/mol. The Balaban J connectivity index is 1.49. The van der Waals surface area contributed by atoms with Crippen molar-refractivity contribution in [3.63, 3.8) is 0 Å². The van der Waals surface area contributed by atoms with Crippen LogP contribution in [0.2, 0.25) is 0 Å². The molecule has 0 amide bonds. The molecule has 1 unspecified atom stereocenters. The van der Waals surface area contributed by atoms with Crippen molar-refractivity contribution in [3.05, 3.63) is 47.8 Å². The van der Waals surface area contributed by atoms with Crippen LogP contribution in [0.15, 0.2) is 36.4 Å². The number of rotatable bonds is 4. The third kappa shape index (κ3) is 4.12. The fraction of sp³-hybridized carbons (Fsp3) is 0.421. The summed E-state index contributed by atoms with van der Waals surface area (Å²) in [5.74, 6) is 0.249. The SMILES string of the molecule is CC(O)Oc1cccc(C2CCN(c3ccc4nnc(C(F)(F)F)n4n3)CC2)c1. The number of nitrogens with zero attached hydrogens (tertiary/aromatic N) is 5. The van der Waals surface area contributed by atoms with E-state index in [0.717, 1.165) is 22.9 Å². The second-order valence-electron chi connectivity index (χ2n) is 7.03. The van der Waals surface area contributed by atoms with E-state index in [4.69, 9.17) is 4.74 Å². The van der Waals surface area contributed by atoms with E-state index in [0.29, 0.717) is 30.6 Å². The van der Waals surface area contributed by atoms with Gasteiger partial charge in [0.15, 0.2) is 11.9 Å². The van der Waals surface area contributed by atoms with E-state index >= 15 is 0 Å². The number of hydrogen-bond acceptors (Lipinski definition) is 6. The number of ether oxygens (including phenoxy) is 1. The van der Waals surface area contributed by atoms with E-state index in [1.165, 1.54) is 6.07 Å². The number of fused-ring (bicyclic) bond motifs is 1. The zero-order valence-corrected chi connectivity index (χ0v) is 15.7. The molecule has 154 valence electrons. The summed E-state index contributed by atoms with van der Waals surface area (Å²) in [5, 5.41) is 20.2. The lowest BCUT2D eigenvalue weighted by molar-refractivity contribution is -0.146. The Morgan fingerprint density at radius 1 is 1.14 bits per heavy atom. The molecular formula is C19H20F3N5O2. The minimum atomic E-state index is -4.61. The molecule has 0 aliphatic carbocycles. The molecule has 1 aliphatic heterocycles. The maximum absolute atomic E-state index is 13.1. The number of alkyl halides is 3. The predicted octanol–water partition coefficient (Wildman–Crippen LogP) is 3.24. The number of piperidine rings is 1. The van der Waals surface area contributed by atoms with Crippen LogP contribution in [-0.4, -0.2) is 44.3 Å². The summed E-state index contributed by atoms with van der Waals surface area (Å²) in [7, 11) is 0. The van der Waals surface area contributed by atoms with Crippen LogP contribution in [0.5, 0.6) is 5.75 Å². The van der Waals surface area contributed by atoms with Gasteiger partial charge in [-0.05, 0) is 55.5 Å². The van der Waals surface area contributed by atoms with Gasteiger partial charge in [0.25, 0.3) is 5.82 Å². The Bertz CT molecular complexity index is 997. The van der Waals surface area contributed by atoms with Crippen molar-refractivity contribution in [2.75, 3.05) is 18.0 Å². The average molecular weight is 407 g/mol. The molecule has 0 spiro atoms. The van der Waals surface area contributed by atoms with Gasteiger partial charge in [-0.15, -0.1) is 15.3 Å². The van der Waals surface area contributed by atoms with E-state index in [1.54, 1.807) is 19.1 Å². The average Bonchev–Trinajstić information content (AvgIpc) is 3.11. The fourth-order valence-corrected chi connectivity index (χ4v) is 3.61. The normalized spacial score (nSPS) is 16.9. The molecule has 1 aliphatic rings. The molecule has 2 aromatic heterocycles. The summed E-state index contributed by atoms with van der Waals surface area (Å²) in [6.07, 6.45) is -3.84. The lowest BCUT2D eigenvalue weighted by Crippen LogP contribution is -2.34. The van der Waals surface area contributed by atoms with Crippen LogP contribution in [0.25, 0.3) is 5.65 Å². The molecule has 3 aromatic rings. The van der Waals surface area contributed by atoms with Gasteiger partial charge in [-0.25, -0.2) is 0 Å². The van der Waals surface area contributed by atoms with Gasteiger partial charge in [-0.1, -0.05) is 12.1 Å². The number of aromatic nitrogens is 4. The van der Waals surface area contributed by atoms with Crippen LogP contribution in [-0.2, 0) is 6.18 Å². The first-order chi connectivity index (χ1) is 13.8. The molecule has 1 N–H and O–H groups in total. The van der Waals surface area contributed by atoms with Crippen molar-refractivity contribution >= 4 is 11.5 Å². The van der Waals surface area contributed by atoms with Crippen molar-refractivity contribution in [1.82, 2.24) is 19.8 Å². The number of anilines is 1.